The Morgan fingerprint density at radius 2 is 1.94 bits per heavy atom. The Hall–Kier alpha value is -3.37. The molecule has 0 spiro atoms. The van der Waals surface area contributed by atoms with Gasteiger partial charge in [-0.1, -0.05) is 27.2 Å². The number of aromatic nitrogens is 2. The number of carbonyl (C=O) groups excluding carboxylic acids is 1. The van der Waals surface area contributed by atoms with Crippen LogP contribution in [0.1, 0.15) is 44.0 Å². The zero-order chi connectivity index (χ0) is 24.0. The van der Waals surface area contributed by atoms with E-state index in [1.54, 1.807) is 0 Å². The summed E-state index contributed by atoms with van der Waals surface area (Å²) >= 11 is 0. The molecule has 11 heteroatoms. The third-order valence-corrected chi connectivity index (χ3v) is 4.64. The van der Waals surface area contributed by atoms with Crippen LogP contribution in [0.5, 0.6) is 11.5 Å². The quantitative estimate of drug-likeness (QED) is 0.570. The van der Waals surface area contributed by atoms with Gasteiger partial charge in [0.05, 0.1) is 7.11 Å². The molecule has 2 rings (SSSR count). The van der Waals surface area contributed by atoms with Gasteiger partial charge in [-0.05, 0) is 30.5 Å². The Bertz CT molecular complexity index is 1070. The van der Waals surface area contributed by atoms with Gasteiger partial charge in [0.2, 0.25) is 0 Å². The van der Waals surface area contributed by atoms with Crippen molar-refractivity contribution in [1.82, 2.24) is 9.55 Å². The van der Waals surface area contributed by atoms with Gasteiger partial charge in [0.15, 0.2) is 17.2 Å². The summed E-state index contributed by atoms with van der Waals surface area (Å²) in [5.74, 6) is -1.10. The number of hydrogen-bond acceptors (Lipinski definition) is 6. The number of ether oxygens (including phenoxy) is 2. The van der Waals surface area contributed by atoms with Crippen molar-refractivity contribution in [2.24, 2.45) is 5.92 Å². The molecule has 176 valence electrons. The number of H-pyrrole nitrogens is 1. The number of nitrogens with one attached hydrogen (secondary N) is 1. The first-order valence-electron chi connectivity index (χ1n) is 10.2. The second-order valence-electron chi connectivity index (χ2n) is 7.55. The maximum atomic E-state index is 13.4. The van der Waals surface area contributed by atoms with E-state index in [9.17, 15) is 23.2 Å². The van der Waals surface area contributed by atoms with Crippen LogP contribution in [-0.4, -0.2) is 35.7 Å². The van der Waals surface area contributed by atoms with E-state index in [4.69, 9.17) is 10.5 Å². The molecule has 0 unspecified atom stereocenters. The lowest BCUT2D eigenvalue weighted by Gasteiger charge is -2.26. The highest BCUT2D eigenvalue weighted by Crippen LogP contribution is 2.31. The van der Waals surface area contributed by atoms with E-state index in [-0.39, 0.29) is 47.6 Å². The Balaban J connectivity index is 2.59. The first-order chi connectivity index (χ1) is 15.1. The van der Waals surface area contributed by atoms with Gasteiger partial charge in [-0.2, -0.15) is 8.78 Å². The number of amides is 1. The number of aromatic amines is 1. The van der Waals surface area contributed by atoms with Crippen molar-refractivity contribution in [3.8, 4) is 11.5 Å². The van der Waals surface area contributed by atoms with Crippen LogP contribution in [0, 0.1) is 5.92 Å². The summed E-state index contributed by atoms with van der Waals surface area (Å²) in [6.45, 7) is 2.97. The minimum atomic E-state index is -3.06. The highest BCUT2D eigenvalue weighted by Gasteiger charge is 2.27. The van der Waals surface area contributed by atoms with Gasteiger partial charge in [0.25, 0.3) is 11.5 Å². The van der Waals surface area contributed by atoms with Gasteiger partial charge in [-0.15, -0.1) is 0 Å². The van der Waals surface area contributed by atoms with E-state index in [1.165, 1.54) is 34.8 Å². The molecule has 0 bridgehead atoms. The molecule has 0 saturated heterocycles. The lowest BCUT2D eigenvalue weighted by atomic mass is 10.1. The number of rotatable bonds is 10. The van der Waals surface area contributed by atoms with Crippen molar-refractivity contribution in [3.05, 3.63) is 44.6 Å². The van der Waals surface area contributed by atoms with Crippen LogP contribution in [-0.2, 0) is 6.54 Å². The smallest absolute Gasteiger partial charge is 0.387 e. The van der Waals surface area contributed by atoms with Crippen molar-refractivity contribution in [3.63, 3.8) is 0 Å². The monoisotopic (exact) mass is 454 g/mol. The number of methoxy groups -OCH3 is 1. The van der Waals surface area contributed by atoms with Gasteiger partial charge >= 0.3 is 12.3 Å². The van der Waals surface area contributed by atoms with Gasteiger partial charge in [0.1, 0.15) is 5.82 Å². The zero-order valence-corrected chi connectivity index (χ0v) is 18.5. The Morgan fingerprint density at radius 3 is 2.50 bits per heavy atom. The molecule has 0 aliphatic rings. The lowest BCUT2D eigenvalue weighted by molar-refractivity contribution is -0.0512. The summed E-state index contributed by atoms with van der Waals surface area (Å²) in [5, 5.41) is 0. The van der Waals surface area contributed by atoms with E-state index >= 15 is 0 Å². The number of alkyl halides is 2. The van der Waals surface area contributed by atoms with Crippen molar-refractivity contribution in [2.75, 3.05) is 24.3 Å². The van der Waals surface area contributed by atoms with Crippen LogP contribution in [0.3, 0.4) is 0 Å². The van der Waals surface area contributed by atoms with Crippen LogP contribution in [0.25, 0.3) is 0 Å². The zero-order valence-electron chi connectivity index (χ0n) is 18.5. The van der Waals surface area contributed by atoms with E-state index in [0.29, 0.717) is 6.42 Å². The molecule has 0 aliphatic heterocycles. The molecule has 1 aromatic heterocycles. The number of carbonyl (C=O) groups is 1. The molecule has 1 aromatic carbocycles. The van der Waals surface area contributed by atoms with Crippen LogP contribution in [0.4, 0.5) is 20.3 Å². The van der Waals surface area contributed by atoms with Gasteiger partial charge in [-0.25, -0.2) is 4.79 Å². The Morgan fingerprint density at radius 1 is 1.25 bits per heavy atom. The molecular formula is C21H28F2N4O5. The summed E-state index contributed by atoms with van der Waals surface area (Å²) in [6.07, 6.45) is 1.44. The van der Waals surface area contributed by atoms with Crippen LogP contribution in [0.15, 0.2) is 27.8 Å². The van der Waals surface area contributed by atoms with Crippen molar-refractivity contribution >= 4 is 17.4 Å². The molecule has 1 amide bonds. The number of nitrogens with zero attached hydrogens (tertiary/aromatic N) is 2. The maximum Gasteiger partial charge on any atom is 0.387 e. The second kappa shape index (κ2) is 10.8. The fraction of sp³-hybridized carbons (Fsp3) is 0.476. The van der Waals surface area contributed by atoms with E-state index < -0.39 is 23.8 Å². The van der Waals surface area contributed by atoms with Crippen molar-refractivity contribution < 1.29 is 23.0 Å². The summed E-state index contributed by atoms with van der Waals surface area (Å²) in [4.78, 5) is 41.7. The highest BCUT2D eigenvalue weighted by atomic mass is 19.3. The molecular weight excluding hydrogens is 426 g/mol. The van der Waals surface area contributed by atoms with Crippen molar-refractivity contribution in [2.45, 2.75) is 46.8 Å². The molecule has 32 heavy (non-hydrogen) atoms. The van der Waals surface area contributed by atoms with E-state index in [2.05, 4.69) is 9.72 Å². The molecule has 0 fully saturated rings. The fourth-order valence-electron chi connectivity index (χ4n) is 3.17. The predicted octanol–water partition coefficient (Wildman–Crippen LogP) is 2.83. The summed E-state index contributed by atoms with van der Waals surface area (Å²) in [7, 11) is 1.25. The predicted molar refractivity (Wildman–Crippen MR) is 117 cm³/mol. The first-order valence-corrected chi connectivity index (χ1v) is 10.2. The standard InChI is InChI=1S/C21H28F2N4O5/c1-5-6-9-26-17(24)16(18(28)25-21(26)30)27(11-12(2)3)19(29)13-7-8-14(32-20(22)23)15(10-13)31-4/h7-8,10,12,20H,5-6,9,11,24H2,1-4H3,(H,25,28,30). The molecule has 9 nitrogen and oxygen atoms in total. The maximum absolute atomic E-state index is 13.4. The van der Waals surface area contributed by atoms with E-state index in [1.807, 2.05) is 20.8 Å². The van der Waals surface area contributed by atoms with Crippen LogP contribution >= 0.6 is 0 Å². The molecule has 3 N–H and O–H groups in total. The average Bonchev–Trinajstić information content (AvgIpc) is 2.71. The molecule has 0 saturated carbocycles. The summed E-state index contributed by atoms with van der Waals surface area (Å²) in [6, 6.07) is 3.71. The fourth-order valence-corrected chi connectivity index (χ4v) is 3.17. The highest BCUT2D eigenvalue weighted by molar-refractivity contribution is 6.07. The molecule has 2 aromatic rings. The summed E-state index contributed by atoms with van der Waals surface area (Å²) < 4.78 is 35.9. The number of unbranched alkanes of at least 4 members (excludes halogenated alkanes) is 1. The van der Waals surface area contributed by atoms with Crippen molar-refractivity contribution in [1.29, 1.82) is 0 Å². The normalized spacial score (nSPS) is 11.1. The third-order valence-electron chi connectivity index (χ3n) is 4.64. The van der Waals surface area contributed by atoms with Gasteiger partial charge < -0.3 is 20.1 Å². The second-order valence-corrected chi connectivity index (χ2v) is 7.55. The number of hydrogen-bond donors (Lipinski definition) is 2. The van der Waals surface area contributed by atoms with Gasteiger partial charge in [-0.3, -0.25) is 19.1 Å². The molecule has 1 heterocycles. The largest absolute Gasteiger partial charge is 0.493 e. The number of benzene rings is 1. The number of nitrogens with two attached hydrogens (primary N) is 1. The molecule has 0 atom stereocenters. The number of halogens is 2. The Labute approximate surface area is 183 Å². The van der Waals surface area contributed by atoms with Gasteiger partial charge in [0, 0.05) is 18.7 Å². The average molecular weight is 454 g/mol. The lowest BCUT2D eigenvalue weighted by Crippen LogP contribution is -2.42. The van der Waals surface area contributed by atoms with Crippen LogP contribution in [0.2, 0.25) is 0 Å². The summed E-state index contributed by atoms with van der Waals surface area (Å²) in [5.41, 5.74) is 4.64. The molecule has 0 aliphatic carbocycles. The minimum Gasteiger partial charge on any atom is -0.493 e. The molecule has 0 radical (unpaired) electrons. The SMILES string of the molecule is CCCCn1c(N)c(N(CC(C)C)C(=O)c2ccc(OC(F)F)c(OC)c2)c(=O)[nH]c1=O. The minimum absolute atomic E-state index is 0.0582. The van der Waals surface area contributed by atoms with Crippen LogP contribution < -0.4 is 31.4 Å². The number of nitrogen functional groups attached to an aromatic ring is 1. The third kappa shape index (κ3) is 5.65. The topological polar surface area (TPSA) is 120 Å². The Kier molecular flexibility index (Phi) is 8.39. The first kappa shape index (κ1) is 24.9. The number of anilines is 2. The van der Waals surface area contributed by atoms with E-state index in [0.717, 1.165) is 6.42 Å².